The van der Waals surface area contributed by atoms with Crippen molar-refractivity contribution in [3.8, 4) is 5.88 Å². The second-order valence-electron chi connectivity index (χ2n) is 14.6. The van der Waals surface area contributed by atoms with Gasteiger partial charge in [0.1, 0.15) is 6.04 Å². The summed E-state index contributed by atoms with van der Waals surface area (Å²) in [7, 11) is 1.31. The van der Waals surface area contributed by atoms with Crippen LogP contribution in [0.4, 0.5) is 13.2 Å². The molecule has 3 fully saturated rings. The Hall–Kier alpha value is -3.18. The molecule has 3 aliphatic heterocycles. The number of alkyl halides is 3. The number of carboxylic acid groups (broad SMARTS) is 1. The number of carboxylic acids is 1. The minimum Gasteiger partial charge on any atom is -0.481 e. The highest BCUT2D eigenvalue weighted by atomic mass is 19.4. The topological polar surface area (TPSA) is 98.2 Å². The number of aliphatic carboxylic acids is 1. The third kappa shape index (κ3) is 6.43. The SMILES string of the molecule is COc1ncc(C(F)(F)F)cc1CO[C@H]1[C@H](C(C)(C)C)[C@@H](C(=O)O)N(C(=O)[C@H]2C[C@@H]3CC[C@H]2O3)[C@H]1c1cccc(C(C)(C)C)c1. The summed E-state index contributed by atoms with van der Waals surface area (Å²) in [5.41, 5.74) is -0.109. The Morgan fingerprint density at radius 2 is 1.78 bits per heavy atom. The number of amides is 1. The van der Waals surface area contributed by atoms with E-state index in [1.165, 1.54) is 12.0 Å². The van der Waals surface area contributed by atoms with Gasteiger partial charge in [-0.05, 0) is 47.3 Å². The average Bonchev–Trinajstić information content (AvgIpc) is 3.67. The molecular weight excluding hydrogens is 589 g/mol. The molecule has 1 amide bonds. The number of pyridine rings is 1. The van der Waals surface area contributed by atoms with E-state index in [0.717, 1.165) is 24.5 Å². The van der Waals surface area contributed by atoms with Gasteiger partial charge < -0.3 is 24.2 Å². The van der Waals surface area contributed by atoms with Crippen molar-refractivity contribution in [1.82, 2.24) is 9.88 Å². The van der Waals surface area contributed by atoms with Gasteiger partial charge in [0.15, 0.2) is 0 Å². The summed E-state index contributed by atoms with van der Waals surface area (Å²) in [5, 5.41) is 10.8. The third-order valence-electron chi connectivity index (χ3n) is 9.51. The molecule has 2 aromatic rings. The van der Waals surface area contributed by atoms with Gasteiger partial charge in [-0.15, -0.1) is 0 Å². The smallest absolute Gasteiger partial charge is 0.417 e. The molecule has 0 radical (unpaired) electrons. The number of likely N-dealkylation sites (tertiary alicyclic amines) is 1. The quantitative estimate of drug-likeness (QED) is 0.369. The molecule has 5 rings (SSSR count). The Bertz CT molecular complexity index is 1430. The number of ether oxygens (including phenoxy) is 3. The largest absolute Gasteiger partial charge is 0.481 e. The maximum absolute atomic E-state index is 14.5. The second kappa shape index (κ2) is 11.9. The van der Waals surface area contributed by atoms with Crippen LogP contribution in [0.5, 0.6) is 5.88 Å². The van der Waals surface area contributed by atoms with Crippen molar-refractivity contribution in [1.29, 1.82) is 0 Å². The first-order valence-corrected chi connectivity index (χ1v) is 15.4. The lowest BCUT2D eigenvalue weighted by atomic mass is 9.73. The monoisotopic (exact) mass is 632 g/mol. The van der Waals surface area contributed by atoms with Crippen LogP contribution < -0.4 is 4.74 Å². The molecule has 1 aromatic carbocycles. The number of nitrogens with zero attached hydrogens (tertiary/aromatic N) is 2. The Balaban J connectivity index is 1.64. The molecule has 246 valence electrons. The van der Waals surface area contributed by atoms with E-state index in [2.05, 4.69) is 25.8 Å². The van der Waals surface area contributed by atoms with E-state index in [4.69, 9.17) is 14.2 Å². The molecule has 3 saturated heterocycles. The van der Waals surface area contributed by atoms with E-state index < -0.39 is 53.1 Å². The van der Waals surface area contributed by atoms with Crippen molar-refractivity contribution in [2.24, 2.45) is 17.3 Å². The lowest BCUT2D eigenvalue weighted by Crippen LogP contribution is -2.50. The number of rotatable bonds is 7. The Kier molecular flexibility index (Phi) is 8.76. The number of methoxy groups -OCH3 is 1. The van der Waals surface area contributed by atoms with Crippen LogP contribution in [0, 0.1) is 17.3 Å². The summed E-state index contributed by atoms with van der Waals surface area (Å²) >= 11 is 0. The van der Waals surface area contributed by atoms with Crippen LogP contribution >= 0.6 is 0 Å². The predicted molar refractivity (Wildman–Crippen MR) is 159 cm³/mol. The third-order valence-corrected chi connectivity index (χ3v) is 9.51. The molecule has 1 N–H and O–H groups in total. The highest BCUT2D eigenvalue weighted by Gasteiger charge is 2.61. The number of hydrogen-bond donors (Lipinski definition) is 1. The summed E-state index contributed by atoms with van der Waals surface area (Å²) in [6.45, 7) is 11.5. The summed E-state index contributed by atoms with van der Waals surface area (Å²) in [5.74, 6) is -2.67. The van der Waals surface area contributed by atoms with E-state index in [9.17, 15) is 27.9 Å². The fourth-order valence-corrected chi connectivity index (χ4v) is 7.34. The lowest BCUT2D eigenvalue weighted by molar-refractivity contribution is -0.154. The second-order valence-corrected chi connectivity index (χ2v) is 14.6. The van der Waals surface area contributed by atoms with Crippen LogP contribution in [0.1, 0.15) is 89.1 Å². The first-order valence-electron chi connectivity index (χ1n) is 15.4. The Labute approximate surface area is 262 Å². The zero-order chi connectivity index (χ0) is 33.1. The molecule has 45 heavy (non-hydrogen) atoms. The fourth-order valence-electron chi connectivity index (χ4n) is 7.34. The zero-order valence-electron chi connectivity index (χ0n) is 26.9. The Morgan fingerprint density at radius 3 is 2.31 bits per heavy atom. The van der Waals surface area contributed by atoms with Gasteiger partial charge in [-0.2, -0.15) is 13.2 Å². The van der Waals surface area contributed by atoms with Crippen LogP contribution in [0.2, 0.25) is 0 Å². The van der Waals surface area contributed by atoms with E-state index in [0.29, 0.717) is 18.2 Å². The number of fused-ring (bicyclic) bond motifs is 2. The number of hydrogen-bond acceptors (Lipinski definition) is 6. The lowest BCUT2D eigenvalue weighted by Gasteiger charge is -2.35. The minimum absolute atomic E-state index is 0.0242. The van der Waals surface area contributed by atoms with Gasteiger partial charge in [0, 0.05) is 17.7 Å². The molecule has 0 spiro atoms. The molecule has 0 saturated carbocycles. The standard InChI is InChI=1S/C34H43F3N2O6/c1-32(2,3)20-10-8-9-18(13-20)26-28(44-17-19-14-21(34(35,36)37)16-38-29(19)43-7)25(33(4,5)6)27(31(41)42)39(26)30(40)23-15-22-11-12-24(23)45-22/h8-10,13-14,16,22-28H,11-12,15,17H2,1-7H3,(H,41,42)/t22-,23-,24+,25+,26-,27-,28-/m0/s1. The minimum atomic E-state index is -4.63. The molecule has 4 heterocycles. The van der Waals surface area contributed by atoms with E-state index in [1.807, 2.05) is 45.0 Å². The van der Waals surface area contributed by atoms with E-state index in [-0.39, 0.29) is 41.6 Å². The number of benzene rings is 1. The fraction of sp³-hybridized carbons (Fsp3) is 0.618. The highest BCUT2D eigenvalue weighted by molar-refractivity contribution is 5.87. The summed E-state index contributed by atoms with van der Waals surface area (Å²) in [4.78, 5) is 33.1. The van der Waals surface area contributed by atoms with Crippen LogP contribution in [0.25, 0.3) is 0 Å². The van der Waals surface area contributed by atoms with Crippen LogP contribution in [0.15, 0.2) is 36.5 Å². The van der Waals surface area contributed by atoms with E-state index >= 15 is 0 Å². The van der Waals surface area contributed by atoms with Gasteiger partial charge >= 0.3 is 12.1 Å². The van der Waals surface area contributed by atoms with Gasteiger partial charge in [-0.3, -0.25) is 4.79 Å². The molecule has 7 atom stereocenters. The average molecular weight is 633 g/mol. The molecule has 3 aliphatic rings. The number of carbonyl (C=O) groups excluding carboxylic acids is 1. The summed E-state index contributed by atoms with van der Waals surface area (Å²) in [6, 6.07) is 6.58. The molecular formula is C34H43F3N2O6. The van der Waals surface area contributed by atoms with Crippen molar-refractivity contribution < 1.29 is 42.1 Å². The zero-order valence-corrected chi connectivity index (χ0v) is 26.9. The van der Waals surface area contributed by atoms with Crippen molar-refractivity contribution in [3.05, 3.63) is 58.8 Å². The van der Waals surface area contributed by atoms with Gasteiger partial charge in [0.25, 0.3) is 0 Å². The molecule has 11 heteroatoms. The van der Waals surface area contributed by atoms with Gasteiger partial charge in [0.2, 0.25) is 11.8 Å². The Morgan fingerprint density at radius 1 is 1.07 bits per heavy atom. The van der Waals surface area contributed by atoms with Gasteiger partial charge in [-0.25, -0.2) is 9.78 Å². The van der Waals surface area contributed by atoms with Crippen LogP contribution in [-0.2, 0) is 37.3 Å². The number of halogens is 3. The van der Waals surface area contributed by atoms with Crippen LogP contribution in [0.3, 0.4) is 0 Å². The predicted octanol–water partition coefficient (Wildman–Crippen LogP) is 6.56. The normalized spacial score (nSPS) is 28.5. The maximum Gasteiger partial charge on any atom is 0.417 e. The van der Waals surface area contributed by atoms with Crippen molar-refractivity contribution >= 4 is 11.9 Å². The molecule has 8 nitrogen and oxygen atoms in total. The number of aromatic nitrogens is 1. The van der Waals surface area contributed by atoms with Crippen LogP contribution in [-0.4, -0.2) is 58.3 Å². The van der Waals surface area contributed by atoms with Gasteiger partial charge in [0.05, 0.1) is 49.6 Å². The first kappa shape index (κ1) is 33.2. The summed E-state index contributed by atoms with van der Waals surface area (Å²) in [6.07, 6.45) is -2.97. The first-order chi connectivity index (χ1) is 20.9. The van der Waals surface area contributed by atoms with Gasteiger partial charge in [-0.1, -0.05) is 65.8 Å². The van der Waals surface area contributed by atoms with Crippen molar-refractivity contribution in [2.45, 2.75) is 109 Å². The molecule has 1 aromatic heterocycles. The maximum atomic E-state index is 14.5. The molecule has 0 aliphatic carbocycles. The summed E-state index contributed by atoms with van der Waals surface area (Å²) < 4.78 is 58.7. The van der Waals surface area contributed by atoms with E-state index in [1.54, 1.807) is 0 Å². The number of carbonyl (C=O) groups is 2. The molecule has 0 unspecified atom stereocenters. The van der Waals surface area contributed by atoms with Crippen molar-refractivity contribution in [3.63, 3.8) is 0 Å². The molecule has 2 bridgehead atoms. The van der Waals surface area contributed by atoms with Crippen molar-refractivity contribution in [2.75, 3.05) is 7.11 Å². The highest BCUT2D eigenvalue weighted by Crippen LogP contribution is 2.52.